The Balaban J connectivity index is 0.00000191. The van der Waals surface area contributed by atoms with E-state index in [1.54, 1.807) is 12.2 Å². The van der Waals surface area contributed by atoms with Crippen LogP contribution in [0.3, 0.4) is 0 Å². The molecule has 21 heavy (non-hydrogen) atoms. The molecule has 1 aromatic carbocycles. The lowest BCUT2D eigenvalue weighted by molar-refractivity contribution is -0.384. The number of nitro benzene ring substituents is 1. The van der Waals surface area contributed by atoms with E-state index >= 15 is 0 Å². The molecule has 0 radical (unpaired) electrons. The van der Waals surface area contributed by atoms with E-state index in [1.807, 2.05) is 13.8 Å². The van der Waals surface area contributed by atoms with Gasteiger partial charge in [0.25, 0.3) is 5.69 Å². The van der Waals surface area contributed by atoms with Crippen molar-refractivity contribution in [1.29, 1.82) is 0 Å². The minimum atomic E-state index is -0.797. The van der Waals surface area contributed by atoms with E-state index in [2.05, 4.69) is 13.2 Å². The molecule has 1 aromatic rings. The third kappa shape index (κ3) is 4.83. The van der Waals surface area contributed by atoms with Gasteiger partial charge >= 0.3 is 0 Å². The molecule has 0 aliphatic rings. The molecule has 0 fully saturated rings. The van der Waals surface area contributed by atoms with E-state index in [-0.39, 0.29) is 23.2 Å². The molecule has 0 N–H and O–H groups in total. The zero-order valence-corrected chi connectivity index (χ0v) is 12.2. The fourth-order valence-corrected chi connectivity index (χ4v) is 1.64. The van der Waals surface area contributed by atoms with Crippen molar-refractivity contribution in [2.45, 2.75) is 13.8 Å². The molecular formula is C15H19FN2O3. The van der Waals surface area contributed by atoms with Gasteiger partial charge in [0.1, 0.15) is 11.5 Å². The number of benzene rings is 1. The van der Waals surface area contributed by atoms with Crippen LogP contribution in [-0.2, 0) is 0 Å². The maximum atomic E-state index is 13.6. The Labute approximate surface area is 123 Å². The number of hydrogen-bond donors (Lipinski definition) is 0. The average molecular weight is 294 g/mol. The van der Waals surface area contributed by atoms with Gasteiger partial charge in [0.15, 0.2) is 6.29 Å². The molecule has 0 aliphatic heterocycles. The third-order valence-electron chi connectivity index (χ3n) is 2.46. The number of carbonyl (C=O) groups excluding carboxylic acids is 1. The van der Waals surface area contributed by atoms with E-state index < -0.39 is 10.7 Å². The van der Waals surface area contributed by atoms with Crippen LogP contribution in [0, 0.1) is 15.9 Å². The first-order valence-corrected chi connectivity index (χ1v) is 6.45. The highest BCUT2D eigenvalue weighted by Gasteiger charge is 2.21. The number of anilines is 1. The van der Waals surface area contributed by atoms with Gasteiger partial charge in [-0.25, -0.2) is 4.39 Å². The van der Waals surface area contributed by atoms with E-state index in [0.29, 0.717) is 13.1 Å². The molecule has 0 aromatic heterocycles. The highest BCUT2D eigenvalue weighted by molar-refractivity contribution is 5.80. The molecule has 0 saturated carbocycles. The van der Waals surface area contributed by atoms with Crippen molar-refractivity contribution < 1.29 is 14.1 Å². The van der Waals surface area contributed by atoms with E-state index in [9.17, 15) is 19.3 Å². The molecule has 0 aliphatic carbocycles. The van der Waals surface area contributed by atoms with E-state index in [4.69, 9.17) is 0 Å². The summed E-state index contributed by atoms with van der Waals surface area (Å²) < 4.78 is 13.6. The molecule has 0 atom stereocenters. The maximum Gasteiger partial charge on any atom is 0.293 e. The summed E-state index contributed by atoms with van der Waals surface area (Å²) >= 11 is 0. The zero-order valence-electron chi connectivity index (χ0n) is 12.2. The Morgan fingerprint density at radius 2 is 1.81 bits per heavy atom. The lowest BCUT2D eigenvalue weighted by atomic mass is 10.1. The minimum Gasteiger partial charge on any atom is -0.358 e. The Morgan fingerprint density at radius 3 is 2.19 bits per heavy atom. The van der Waals surface area contributed by atoms with Gasteiger partial charge in [0.05, 0.1) is 10.5 Å². The van der Waals surface area contributed by atoms with E-state index in [1.165, 1.54) is 4.90 Å². The SMILES string of the molecule is C=CCN(CC=C)c1cc(F)c(C=O)cc1[N+](=O)[O-].CC. The van der Waals surface area contributed by atoms with Crippen LogP contribution in [0.15, 0.2) is 37.4 Å². The second kappa shape index (κ2) is 9.41. The van der Waals surface area contributed by atoms with Crippen LogP contribution in [0.2, 0.25) is 0 Å². The molecule has 0 spiro atoms. The van der Waals surface area contributed by atoms with Crippen molar-refractivity contribution in [1.82, 2.24) is 0 Å². The van der Waals surface area contributed by atoms with Crippen LogP contribution in [-0.4, -0.2) is 24.3 Å². The molecule has 5 nitrogen and oxygen atoms in total. The first kappa shape index (κ1) is 18.5. The largest absolute Gasteiger partial charge is 0.358 e. The number of nitrogens with zero attached hydrogens (tertiary/aromatic N) is 2. The second-order valence-electron chi connectivity index (χ2n) is 3.72. The van der Waals surface area contributed by atoms with Crippen LogP contribution in [0.1, 0.15) is 24.2 Å². The number of carbonyl (C=O) groups is 1. The van der Waals surface area contributed by atoms with Crippen molar-refractivity contribution in [3.63, 3.8) is 0 Å². The normalized spacial score (nSPS) is 9.10. The van der Waals surface area contributed by atoms with Crippen molar-refractivity contribution in [3.05, 3.63) is 58.9 Å². The predicted octanol–water partition coefficient (Wildman–Crippen LogP) is 3.75. The number of nitro groups is 1. The average Bonchev–Trinajstić information content (AvgIpc) is 2.48. The summed E-state index contributed by atoms with van der Waals surface area (Å²) in [4.78, 5) is 22.5. The Kier molecular flexibility index (Phi) is 8.29. The van der Waals surface area contributed by atoms with Gasteiger partial charge in [-0.3, -0.25) is 14.9 Å². The monoisotopic (exact) mass is 294 g/mol. The Hall–Kier alpha value is -2.50. The first-order valence-electron chi connectivity index (χ1n) is 6.45. The summed E-state index contributed by atoms with van der Waals surface area (Å²) in [5, 5.41) is 11.0. The summed E-state index contributed by atoms with van der Waals surface area (Å²) in [6.45, 7) is 11.7. The molecule has 0 heterocycles. The highest BCUT2D eigenvalue weighted by atomic mass is 19.1. The molecule has 0 saturated heterocycles. The van der Waals surface area contributed by atoms with Crippen molar-refractivity contribution in [3.8, 4) is 0 Å². The van der Waals surface area contributed by atoms with Gasteiger partial charge in [0.2, 0.25) is 0 Å². The lowest BCUT2D eigenvalue weighted by Crippen LogP contribution is -2.24. The fourth-order valence-electron chi connectivity index (χ4n) is 1.64. The van der Waals surface area contributed by atoms with Gasteiger partial charge in [-0.15, -0.1) is 13.2 Å². The standard InChI is InChI=1S/C13H13FN2O3.C2H6/c1-3-5-15(6-4-2)12-8-11(14)10(9-17)7-13(12)16(18)19;1-2/h3-4,7-9H,1-2,5-6H2;1-2H3. The van der Waals surface area contributed by atoms with Crippen molar-refractivity contribution >= 4 is 17.7 Å². The maximum absolute atomic E-state index is 13.6. The van der Waals surface area contributed by atoms with Crippen LogP contribution in [0.25, 0.3) is 0 Å². The van der Waals surface area contributed by atoms with Crippen LogP contribution in [0.4, 0.5) is 15.8 Å². The summed E-state index contributed by atoms with van der Waals surface area (Å²) in [5.74, 6) is -0.797. The predicted molar refractivity (Wildman–Crippen MR) is 82.4 cm³/mol. The second-order valence-corrected chi connectivity index (χ2v) is 3.72. The van der Waals surface area contributed by atoms with Gasteiger partial charge in [0, 0.05) is 25.2 Å². The summed E-state index contributed by atoms with van der Waals surface area (Å²) in [6.07, 6.45) is 3.33. The summed E-state index contributed by atoms with van der Waals surface area (Å²) in [6, 6.07) is 1.91. The molecule has 0 amide bonds. The number of rotatable bonds is 7. The Bertz CT molecular complexity index is 520. The van der Waals surface area contributed by atoms with Gasteiger partial charge in [-0.05, 0) is 0 Å². The van der Waals surface area contributed by atoms with Crippen molar-refractivity contribution in [2.75, 3.05) is 18.0 Å². The molecule has 114 valence electrons. The molecular weight excluding hydrogens is 275 g/mol. The van der Waals surface area contributed by atoms with Gasteiger partial charge in [-0.1, -0.05) is 26.0 Å². The molecule has 0 bridgehead atoms. The molecule has 6 heteroatoms. The molecule has 0 unspecified atom stereocenters. The van der Waals surface area contributed by atoms with Gasteiger partial charge < -0.3 is 4.90 Å². The first-order chi connectivity index (χ1) is 10.0. The van der Waals surface area contributed by atoms with Crippen LogP contribution < -0.4 is 4.90 Å². The summed E-state index contributed by atoms with van der Waals surface area (Å²) in [7, 11) is 0. The topological polar surface area (TPSA) is 63.5 Å². The number of aldehydes is 1. The highest BCUT2D eigenvalue weighted by Crippen LogP contribution is 2.30. The van der Waals surface area contributed by atoms with Crippen molar-refractivity contribution in [2.24, 2.45) is 0 Å². The fraction of sp³-hybridized carbons (Fsp3) is 0.267. The summed E-state index contributed by atoms with van der Waals surface area (Å²) in [5.41, 5.74) is -0.576. The van der Waals surface area contributed by atoms with E-state index in [0.717, 1.165) is 12.1 Å². The van der Waals surface area contributed by atoms with Crippen LogP contribution in [0.5, 0.6) is 0 Å². The number of hydrogen-bond acceptors (Lipinski definition) is 4. The smallest absolute Gasteiger partial charge is 0.293 e. The Morgan fingerprint density at radius 1 is 1.29 bits per heavy atom. The third-order valence-corrected chi connectivity index (χ3v) is 2.46. The zero-order chi connectivity index (χ0) is 16.4. The lowest BCUT2D eigenvalue weighted by Gasteiger charge is -2.21. The number of halogens is 1. The van der Waals surface area contributed by atoms with Crippen LogP contribution >= 0.6 is 0 Å². The minimum absolute atomic E-state index is 0.0906. The quantitative estimate of drug-likeness (QED) is 0.332. The van der Waals surface area contributed by atoms with Gasteiger partial charge in [-0.2, -0.15) is 0 Å². The molecule has 1 rings (SSSR count).